The van der Waals surface area contributed by atoms with Gasteiger partial charge in [0, 0.05) is 6.54 Å². The Bertz CT molecular complexity index is 110. The number of aldehydes is 1. The first-order valence-corrected chi connectivity index (χ1v) is 4.25. The molecule has 0 aliphatic carbocycles. The van der Waals surface area contributed by atoms with Crippen LogP contribution in [0.2, 0.25) is 0 Å². The molecule has 0 aromatic heterocycles. The van der Waals surface area contributed by atoms with E-state index in [4.69, 9.17) is 0 Å². The molecule has 0 bridgehead atoms. The predicted molar refractivity (Wildman–Crippen MR) is 47.3 cm³/mol. The molecule has 0 aromatic rings. The maximum absolute atomic E-state index is 9.81. The summed E-state index contributed by atoms with van der Waals surface area (Å²) in [4.78, 5) is 9.81. The van der Waals surface area contributed by atoms with Crippen LogP contribution >= 0.6 is 0 Å². The number of unbranched alkanes of at least 4 members (excludes halogenated alkanes) is 3. The Kier molecular flexibility index (Phi) is 8.55. The van der Waals surface area contributed by atoms with Gasteiger partial charge in [-0.1, -0.05) is 26.2 Å². The number of carbonyl (C=O) groups is 1. The van der Waals surface area contributed by atoms with E-state index in [-0.39, 0.29) is 0 Å². The number of nitrogens with one attached hydrogen (secondary N) is 1. The fraction of sp³-hybridized carbons (Fsp3) is 0.667. The Morgan fingerprint density at radius 3 is 2.73 bits per heavy atom. The summed E-state index contributed by atoms with van der Waals surface area (Å²) in [5.74, 6) is 0. The van der Waals surface area contributed by atoms with Crippen molar-refractivity contribution >= 4 is 6.29 Å². The number of hydrogen-bond acceptors (Lipinski definition) is 2. The summed E-state index contributed by atoms with van der Waals surface area (Å²) in [5.41, 5.74) is 0. The van der Waals surface area contributed by atoms with Crippen LogP contribution in [0.3, 0.4) is 0 Å². The molecule has 64 valence electrons. The molecule has 0 aromatic carbocycles. The maximum Gasteiger partial charge on any atom is 0.144 e. The Hall–Kier alpha value is -0.790. The van der Waals surface area contributed by atoms with Gasteiger partial charge in [-0.3, -0.25) is 4.79 Å². The van der Waals surface area contributed by atoms with Gasteiger partial charge in [0.15, 0.2) is 0 Å². The number of allylic oxidation sites excluding steroid dienone is 1. The van der Waals surface area contributed by atoms with E-state index >= 15 is 0 Å². The third-order valence-electron chi connectivity index (χ3n) is 1.47. The lowest BCUT2D eigenvalue weighted by molar-refractivity contribution is -0.104. The monoisotopic (exact) mass is 155 g/mol. The third kappa shape index (κ3) is 9.21. The molecular formula is C9H17NO. The minimum absolute atomic E-state index is 0.777. The summed E-state index contributed by atoms with van der Waals surface area (Å²) in [7, 11) is 0. The smallest absolute Gasteiger partial charge is 0.144 e. The third-order valence-corrected chi connectivity index (χ3v) is 1.47. The molecule has 11 heavy (non-hydrogen) atoms. The summed E-state index contributed by atoms with van der Waals surface area (Å²) in [6, 6.07) is 0. The summed E-state index contributed by atoms with van der Waals surface area (Å²) in [6.45, 7) is 3.17. The zero-order chi connectivity index (χ0) is 8.36. The minimum atomic E-state index is 0.777. The van der Waals surface area contributed by atoms with Crippen molar-refractivity contribution in [2.75, 3.05) is 6.54 Å². The molecule has 0 heterocycles. The molecule has 0 spiro atoms. The zero-order valence-corrected chi connectivity index (χ0v) is 7.18. The van der Waals surface area contributed by atoms with Crippen LogP contribution in [0.15, 0.2) is 12.3 Å². The van der Waals surface area contributed by atoms with Crippen molar-refractivity contribution in [2.24, 2.45) is 0 Å². The quantitative estimate of drug-likeness (QED) is 0.345. The van der Waals surface area contributed by atoms with E-state index in [9.17, 15) is 4.79 Å². The lowest BCUT2D eigenvalue weighted by Crippen LogP contribution is -2.06. The number of carbonyl (C=O) groups excluding carboxylic acids is 1. The molecule has 0 saturated carbocycles. The highest BCUT2D eigenvalue weighted by Gasteiger charge is 1.83. The highest BCUT2D eigenvalue weighted by Crippen LogP contribution is 1.96. The van der Waals surface area contributed by atoms with Crippen LogP contribution in [0.25, 0.3) is 0 Å². The van der Waals surface area contributed by atoms with Crippen molar-refractivity contribution in [2.45, 2.75) is 32.6 Å². The lowest BCUT2D eigenvalue weighted by Gasteiger charge is -1.98. The molecule has 2 nitrogen and oxygen atoms in total. The Morgan fingerprint density at radius 2 is 2.09 bits per heavy atom. The molecular weight excluding hydrogens is 138 g/mol. The molecule has 0 amide bonds. The number of hydrogen-bond donors (Lipinski definition) is 1. The van der Waals surface area contributed by atoms with Crippen molar-refractivity contribution < 1.29 is 4.79 Å². The van der Waals surface area contributed by atoms with Gasteiger partial charge in [0.05, 0.1) is 0 Å². The van der Waals surface area contributed by atoms with Gasteiger partial charge in [0.2, 0.25) is 0 Å². The van der Waals surface area contributed by atoms with Gasteiger partial charge in [-0.05, 0) is 18.7 Å². The molecule has 0 rings (SSSR count). The average Bonchev–Trinajstić information content (AvgIpc) is 2.03. The topological polar surface area (TPSA) is 29.1 Å². The molecule has 0 unspecified atom stereocenters. The second kappa shape index (κ2) is 9.21. The summed E-state index contributed by atoms with van der Waals surface area (Å²) >= 11 is 0. The Labute approximate surface area is 68.7 Å². The van der Waals surface area contributed by atoms with Gasteiger partial charge in [-0.25, -0.2) is 0 Å². The van der Waals surface area contributed by atoms with E-state index in [1.54, 1.807) is 6.20 Å². The predicted octanol–water partition coefficient (Wildman–Crippen LogP) is 1.87. The van der Waals surface area contributed by atoms with Gasteiger partial charge in [-0.2, -0.15) is 0 Å². The van der Waals surface area contributed by atoms with Crippen LogP contribution in [-0.4, -0.2) is 12.8 Å². The SMILES string of the molecule is CCCCCCNC=CC=O. The van der Waals surface area contributed by atoms with Crippen LogP contribution in [-0.2, 0) is 4.79 Å². The van der Waals surface area contributed by atoms with Gasteiger partial charge >= 0.3 is 0 Å². The summed E-state index contributed by atoms with van der Waals surface area (Å²) < 4.78 is 0. The molecule has 0 atom stereocenters. The first-order chi connectivity index (χ1) is 5.41. The normalized spacial score (nSPS) is 10.3. The number of rotatable bonds is 7. The maximum atomic E-state index is 9.81. The van der Waals surface area contributed by atoms with Gasteiger partial charge in [0.25, 0.3) is 0 Å². The van der Waals surface area contributed by atoms with E-state index in [2.05, 4.69) is 12.2 Å². The standard InChI is InChI=1S/C9H17NO/c1-2-3-4-5-7-10-8-6-9-11/h6,8-10H,2-5,7H2,1H3. The largest absolute Gasteiger partial charge is 0.391 e. The van der Waals surface area contributed by atoms with Crippen LogP contribution in [0.5, 0.6) is 0 Å². The molecule has 0 aliphatic rings. The Morgan fingerprint density at radius 1 is 1.27 bits per heavy atom. The van der Waals surface area contributed by atoms with Crippen LogP contribution in [0.4, 0.5) is 0 Å². The highest BCUT2D eigenvalue weighted by atomic mass is 16.1. The fourth-order valence-electron chi connectivity index (χ4n) is 0.844. The lowest BCUT2D eigenvalue weighted by atomic mass is 10.2. The van der Waals surface area contributed by atoms with Crippen LogP contribution < -0.4 is 5.32 Å². The first kappa shape index (κ1) is 10.2. The fourth-order valence-corrected chi connectivity index (χ4v) is 0.844. The Balaban J connectivity index is 2.90. The van der Waals surface area contributed by atoms with Gasteiger partial charge in [0.1, 0.15) is 6.29 Å². The summed E-state index contributed by atoms with van der Waals surface area (Å²) in [6.07, 6.45) is 8.98. The van der Waals surface area contributed by atoms with Gasteiger partial charge in [-0.15, -0.1) is 0 Å². The van der Waals surface area contributed by atoms with Crippen molar-refractivity contribution in [3.8, 4) is 0 Å². The second-order valence-corrected chi connectivity index (χ2v) is 2.51. The second-order valence-electron chi connectivity index (χ2n) is 2.51. The first-order valence-electron chi connectivity index (χ1n) is 4.25. The van der Waals surface area contributed by atoms with Gasteiger partial charge < -0.3 is 5.32 Å². The molecule has 0 radical (unpaired) electrons. The van der Waals surface area contributed by atoms with Crippen LogP contribution in [0.1, 0.15) is 32.6 Å². The van der Waals surface area contributed by atoms with Crippen molar-refractivity contribution in [3.63, 3.8) is 0 Å². The molecule has 0 fully saturated rings. The van der Waals surface area contributed by atoms with E-state index in [0.29, 0.717) is 0 Å². The van der Waals surface area contributed by atoms with Crippen molar-refractivity contribution in [1.29, 1.82) is 0 Å². The highest BCUT2D eigenvalue weighted by molar-refractivity contribution is 5.64. The van der Waals surface area contributed by atoms with E-state index < -0.39 is 0 Å². The summed E-state index contributed by atoms with van der Waals surface area (Å²) in [5, 5.41) is 3.03. The van der Waals surface area contributed by atoms with E-state index in [1.165, 1.54) is 31.8 Å². The van der Waals surface area contributed by atoms with E-state index in [0.717, 1.165) is 12.8 Å². The van der Waals surface area contributed by atoms with Crippen LogP contribution in [0, 0.1) is 0 Å². The molecule has 0 aliphatic heterocycles. The molecule has 0 saturated heterocycles. The molecule has 2 heteroatoms. The van der Waals surface area contributed by atoms with Crippen molar-refractivity contribution in [3.05, 3.63) is 12.3 Å². The average molecular weight is 155 g/mol. The van der Waals surface area contributed by atoms with Crippen molar-refractivity contribution in [1.82, 2.24) is 5.32 Å². The molecule has 1 N–H and O–H groups in total. The minimum Gasteiger partial charge on any atom is -0.391 e. The zero-order valence-electron chi connectivity index (χ0n) is 7.18. The van der Waals surface area contributed by atoms with E-state index in [1.807, 2.05) is 0 Å².